The first-order chi connectivity index (χ1) is 8.86. The minimum Gasteiger partial charge on any atom is -0.493 e. The van der Waals surface area contributed by atoms with E-state index in [0.29, 0.717) is 6.04 Å². The van der Waals surface area contributed by atoms with Crippen molar-refractivity contribution in [1.29, 1.82) is 0 Å². The van der Waals surface area contributed by atoms with Crippen molar-refractivity contribution < 1.29 is 4.74 Å². The fourth-order valence-corrected chi connectivity index (χ4v) is 2.56. The zero-order chi connectivity index (χ0) is 12.4. The molecule has 0 spiro atoms. The van der Waals surface area contributed by atoms with Gasteiger partial charge in [0.25, 0.3) is 0 Å². The average Bonchev–Trinajstić information content (AvgIpc) is 3.23. The molecule has 2 N–H and O–H groups in total. The molecule has 18 heavy (non-hydrogen) atoms. The van der Waals surface area contributed by atoms with Gasteiger partial charge in [0.05, 0.1) is 6.61 Å². The first-order valence-electron chi connectivity index (χ1n) is 7.03. The number of nitrogens with one attached hydrogen (secondary N) is 2. The Morgan fingerprint density at radius 2 is 2.28 bits per heavy atom. The Morgan fingerprint density at radius 3 is 3.06 bits per heavy atom. The number of fused-ring (bicyclic) bond motifs is 1. The molecule has 1 aliphatic heterocycles. The molecule has 3 nitrogen and oxygen atoms in total. The van der Waals surface area contributed by atoms with Crippen LogP contribution in [0.3, 0.4) is 0 Å². The second kappa shape index (κ2) is 5.29. The molecule has 2 aliphatic rings. The monoisotopic (exact) mass is 246 g/mol. The standard InChI is InChI=1S/C15H22N2O/c1-16-14(10-17-13-5-6-13)11-4-7-15-12(9-11)3-2-8-18-15/h4,7,9,13-14,16-17H,2-3,5-6,8,10H2,1H3. The molecule has 1 saturated carbocycles. The maximum absolute atomic E-state index is 5.66. The second-order valence-electron chi connectivity index (χ2n) is 5.34. The van der Waals surface area contributed by atoms with Crippen LogP contribution in [0, 0.1) is 0 Å². The predicted molar refractivity (Wildman–Crippen MR) is 73.1 cm³/mol. The van der Waals surface area contributed by atoms with Crippen LogP contribution in [0.25, 0.3) is 0 Å². The third-order valence-electron chi connectivity index (χ3n) is 3.87. The molecule has 98 valence electrons. The SMILES string of the molecule is CNC(CNC1CC1)c1ccc2c(c1)CCCO2. The van der Waals surface area contributed by atoms with Crippen LogP contribution in [0.5, 0.6) is 5.75 Å². The molecule has 0 saturated heterocycles. The van der Waals surface area contributed by atoms with E-state index < -0.39 is 0 Å². The van der Waals surface area contributed by atoms with Gasteiger partial charge >= 0.3 is 0 Å². The maximum atomic E-state index is 5.66. The summed E-state index contributed by atoms with van der Waals surface area (Å²) in [5.41, 5.74) is 2.74. The van der Waals surface area contributed by atoms with E-state index in [0.717, 1.165) is 37.8 Å². The first-order valence-corrected chi connectivity index (χ1v) is 7.03. The molecule has 1 atom stereocenters. The number of hydrogen-bond donors (Lipinski definition) is 2. The van der Waals surface area contributed by atoms with Crippen molar-refractivity contribution in [3.05, 3.63) is 29.3 Å². The van der Waals surface area contributed by atoms with Crippen molar-refractivity contribution in [2.24, 2.45) is 0 Å². The Morgan fingerprint density at radius 1 is 1.39 bits per heavy atom. The second-order valence-corrected chi connectivity index (χ2v) is 5.34. The van der Waals surface area contributed by atoms with Gasteiger partial charge in [-0.2, -0.15) is 0 Å². The number of ether oxygens (including phenoxy) is 1. The van der Waals surface area contributed by atoms with Crippen molar-refractivity contribution in [1.82, 2.24) is 10.6 Å². The van der Waals surface area contributed by atoms with Crippen molar-refractivity contribution in [3.63, 3.8) is 0 Å². The van der Waals surface area contributed by atoms with E-state index >= 15 is 0 Å². The largest absolute Gasteiger partial charge is 0.493 e. The number of rotatable bonds is 5. The summed E-state index contributed by atoms with van der Waals surface area (Å²) in [5.74, 6) is 1.08. The Labute approximate surface area is 109 Å². The molecule has 0 amide bonds. The van der Waals surface area contributed by atoms with E-state index in [1.807, 2.05) is 7.05 Å². The normalized spacial score (nSPS) is 20.1. The first kappa shape index (κ1) is 12.0. The number of benzene rings is 1. The van der Waals surface area contributed by atoms with Gasteiger partial charge in [0.1, 0.15) is 5.75 Å². The van der Waals surface area contributed by atoms with Crippen LogP contribution >= 0.6 is 0 Å². The third-order valence-corrected chi connectivity index (χ3v) is 3.87. The molecule has 1 aromatic rings. The lowest BCUT2D eigenvalue weighted by Gasteiger charge is -2.22. The lowest BCUT2D eigenvalue weighted by Crippen LogP contribution is -2.30. The van der Waals surface area contributed by atoms with Gasteiger partial charge in [-0.05, 0) is 49.9 Å². The van der Waals surface area contributed by atoms with Crippen molar-refractivity contribution in [3.8, 4) is 5.75 Å². The van der Waals surface area contributed by atoms with Gasteiger partial charge in [0, 0.05) is 18.6 Å². The molecule has 1 aromatic carbocycles. The number of aryl methyl sites for hydroxylation is 1. The average molecular weight is 246 g/mol. The van der Waals surface area contributed by atoms with Gasteiger partial charge in [-0.15, -0.1) is 0 Å². The van der Waals surface area contributed by atoms with Gasteiger partial charge in [0.15, 0.2) is 0 Å². The van der Waals surface area contributed by atoms with Gasteiger partial charge in [-0.3, -0.25) is 0 Å². The summed E-state index contributed by atoms with van der Waals surface area (Å²) in [6.07, 6.45) is 4.97. The molecule has 1 heterocycles. The molecule has 3 rings (SSSR count). The van der Waals surface area contributed by atoms with Crippen LogP contribution in [-0.2, 0) is 6.42 Å². The Hall–Kier alpha value is -1.06. The van der Waals surface area contributed by atoms with E-state index in [9.17, 15) is 0 Å². The molecule has 0 aromatic heterocycles. The topological polar surface area (TPSA) is 33.3 Å². The number of hydrogen-bond acceptors (Lipinski definition) is 3. The predicted octanol–water partition coefficient (Wildman–Crippen LogP) is 2.02. The highest BCUT2D eigenvalue weighted by molar-refractivity contribution is 5.39. The number of likely N-dealkylation sites (N-methyl/N-ethyl adjacent to an activating group) is 1. The van der Waals surface area contributed by atoms with Crippen LogP contribution in [0.2, 0.25) is 0 Å². The minimum atomic E-state index is 0.401. The van der Waals surface area contributed by atoms with Gasteiger partial charge in [-0.1, -0.05) is 12.1 Å². The molecule has 3 heteroatoms. The zero-order valence-corrected chi connectivity index (χ0v) is 11.0. The Bertz CT molecular complexity index is 415. The highest BCUT2D eigenvalue weighted by Gasteiger charge is 2.22. The van der Waals surface area contributed by atoms with Gasteiger partial charge in [-0.25, -0.2) is 0 Å². The summed E-state index contributed by atoms with van der Waals surface area (Å²) in [7, 11) is 2.04. The zero-order valence-electron chi connectivity index (χ0n) is 11.0. The molecule has 0 radical (unpaired) electrons. The quantitative estimate of drug-likeness (QED) is 0.834. The van der Waals surface area contributed by atoms with E-state index in [4.69, 9.17) is 4.74 Å². The van der Waals surface area contributed by atoms with Crippen LogP contribution in [0.15, 0.2) is 18.2 Å². The molecule has 1 aliphatic carbocycles. The van der Waals surface area contributed by atoms with Crippen molar-refractivity contribution in [2.75, 3.05) is 20.2 Å². The van der Waals surface area contributed by atoms with E-state index in [1.54, 1.807) is 0 Å². The lowest BCUT2D eigenvalue weighted by molar-refractivity contribution is 0.288. The van der Waals surface area contributed by atoms with Gasteiger partial charge in [0.2, 0.25) is 0 Å². The maximum Gasteiger partial charge on any atom is 0.122 e. The molecular weight excluding hydrogens is 224 g/mol. The van der Waals surface area contributed by atoms with Crippen LogP contribution < -0.4 is 15.4 Å². The van der Waals surface area contributed by atoms with Crippen LogP contribution in [0.1, 0.15) is 36.4 Å². The molecular formula is C15H22N2O. The molecule has 1 fully saturated rings. The van der Waals surface area contributed by atoms with Gasteiger partial charge < -0.3 is 15.4 Å². The van der Waals surface area contributed by atoms with E-state index in [1.165, 1.54) is 24.0 Å². The van der Waals surface area contributed by atoms with E-state index in [2.05, 4.69) is 28.8 Å². The fraction of sp³-hybridized carbons (Fsp3) is 0.600. The third kappa shape index (κ3) is 2.68. The fourth-order valence-electron chi connectivity index (χ4n) is 2.56. The van der Waals surface area contributed by atoms with Crippen molar-refractivity contribution in [2.45, 2.75) is 37.8 Å². The summed E-state index contributed by atoms with van der Waals surface area (Å²) in [5, 5.41) is 7.00. The Balaban J connectivity index is 1.71. The highest BCUT2D eigenvalue weighted by Crippen LogP contribution is 2.28. The summed E-state index contributed by atoms with van der Waals surface area (Å²) >= 11 is 0. The minimum absolute atomic E-state index is 0.401. The van der Waals surface area contributed by atoms with Crippen molar-refractivity contribution >= 4 is 0 Å². The van der Waals surface area contributed by atoms with E-state index in [-0.39, 0.29) is 0 Å². The summed E-state index contributed by atoms with van der Waals surface area (Å²) in [6.45, 7) is 1.88. The summed E-state index contributed by atoms with van der Waals surface area (Å²) < 4.78 is 5.66. The summed E-state index contributed by atoms with van der Waals surface area (Å²) in [4.78, 5) is 0. The highest BCUT2D eigenvalue weighted by atomic mass is 16.5. The molecule has 1 unspecified atom stereocenters. The lowest BCUT2D eigenvalue weighted by atomic mass is 9.99. The molecule has 0 bridgehead atoms. The van der Waals surface area contributed by atoms with Crippen LogP contribution in [0.4, 0.5) is 0 Å². The van der Waals surface area contributed by atoms with Crippen LogP contribution in [-0.4, -0.2) is 26.2 Å². The summed E-state index contributed by atoms with van der Waals surface area (Å²) in [6, 6.07) is 7.80. The Kier molecular flexibility index (Phi) is 3.52. The smallest absolute Gasteiger partial charge is 0.122 e.